The lowest BCUT2D eigenvalue weighted by molar-refractivity contribution is 0.0302. The fourth-order valence-electron chi connectivity index (χ4n) is 2.82. The Morgan fingerprint density at radius 2 is 2.11 bits per heavy atom. The molecule has 5 heteroatoms. The van der Waals surface area contributed by atoms with Crippen LogP contribution in [0.1, 0.15) is 25.5 Å². The molecule has 2 atom stereocenters. The van der Waals surface area contributed by atoms with Crippen LogP contribution in [0.3, 0.4) is 0 Å². The van der Waals surface area contributed by atoms with Crippen molar-refractivity contribution in [2.75, 3.05) is 24.5 Å². The molecule has 0 aromatic carbocycles. The summed E-state index contributed by atoms with van der Waals surface area (Å²) in [5.41, 5.74) is 0.930. The summed E-state index contributed by atoms with van der Waals surface area (Å²) in [5, 5.41) is 4.01. The first-order valence-corrected chi connectivity index (χ1v) is 7.40. The number of pyridine rings is 1. The van der Waals surface area contributed by atoms with E-state index in [1.807, 2.05) is 12.1 Å². The van der Waals surface area contributed by atoms with Crippen LogP contribution in [0.2, 0.25) is 5.02 Å². The molecule has 0 radical (unpaired) electrons. The van der Waals surface area contributed by atoms with Crippen molar-refractivity contribution in [1.29, 1.82) is 0 Å². The van der Waals surface area contributed by atoms with Gasteiger partial charge < -0.3 is 15.0 Å². The van der Waals surface area contributed by atoms with Crippen molar-refractivity contribution in [3.63, 3.8) is 0 Å². The molecule has 19 heavy (non-hydrogen) atoms. The van der Waals surface area contributed by atoms with Gasteiger partial charge >= 0.3 is 0 Å². The van der Waals surface area contributed by atoms with Crippen molar-refractivity contribution < 1.29 is 4.74 Å². The van der Waals surface area contributed by atoms with Gasteiger partial charge in [-0.25, -0.2) is 4.98 Å². The average Bonchev–Trinajstić information content (AvgIpc) is 2.76. The maximum atomic E-state index is 6.19. The van der Waals surface area contributed by atoms with E-state index >= 15 is 0 Å². The van der Waals surface area contributed by atoms with Crippen molar-refractivity contribution in [2.24, 2.45) is 0 Å². The number of fused-ring (bicyclic) bond motifs is 2. The summed E-state index contributed by atoms with van der Waals surface area (Å²) in [6.07, 6.45) is 3.12. The zero-order valence-electron chi connectivity index (χ0n) is 11.2. The van der Waals surface area contributed by atoms with E-state index in [4.69, 9.17) is 21.3 Å². The van der Waals surface area contributed by atoms with E-state index in [-0.39, 0.29) is 0 Å². The number of aromatic nitrogens is 1. The summed E-state index contributed by atoms with van der Waals surface area (Å²) in [7, 11) is 0. The van der Waals surface area contributed by atoms with E-state index < -0.39 is 0 Å². The molecule has 3 heterocycles. The van der Waals surface area contributed by atoms with Crippen molar-refractivity contribution in [3.05, 3.63) is 22.8 Å². The molecule has 1 aromatic heterocycles. The van der Waals surface area contributed by atoms with E-state index in [2.05, 4.69) is 17.1 Å². The standard InChI is InChI=1S/C14H20ClN3O/c1-2-16-7-13-12(15)5-6-14(17-13)18-8-10-3-4-11(9-18)19-10/h5-6,10-11,16H,2-4,7-9H2,1H3. The summed E-state index contributed by atoms with van der Waals surface area (Å²) in [5.74, 6) is 1.03. The molecular weight excluding hydrogens is 262 g/mol. The van der Waals surface area contributed by atoms with Gasteiger partial charge in [-0.1, -0.05) is 18.5 Å². The molecule has 1 N–H and O–H groups in total. The second kappa shape index (κ2) is 5.65. The minimum absolute atomic E-state index is 0.383. The topological polar surface area (TPSA) is 37.4 Å². The molecule has 1 aromatic rings. The Morgan fingerprint density at radius 1 is 1.37 bits per heavy atom. The molecule has 104 valence electrons. The Balaban J connectivity index is 1.77. The summed E-state index contributed by atoms with van der Waals surface area (Å²) in [6, 6.07) is 3.97. The number of morpholine rings is 1. The molecule has 4 nitrogen and oxygen atoms in total. The molecule has 3 rings (SSSR count). The summed E-state index contributed by atoms with van der Waals surface area (Å²) in [6.45, 7) is 5.62. The van der Waals surface area contributed by atoms with Gasteiger partial charge in [-0.15, -0.1) is 0 Å². The predicted octanol–water partition coefficient (Wildman–Crippen LogP) is 2.21. The quantitative estimate of drug-likeness (QED) is 0.918. The van der Waals surface area contributed by atoms with Gasteiger partial charge in [0, 0.05) is 19.6 Å². The normalized spacial score (nSPS) is 25.9. The minimum atomic E-state index is 0.383. The highest BCUT2D eigenvalue weighted by Crippen LogP contribution is 2.29. The molecule has 0 spiro atoms. The summed E-state index contributed by atoms with van der Waals surface area (Å²) < 4.78 is 5.86. The first-order valence-electron chi connectivity index (χ1n) is 7.03. The van der Waals surface area contributed by atoms with Gasteiger partial charge in [0.25, 0.3) is 0 Å². The molecule has 2 unspecified atom stereocenters. The second-order valence-corrected chi connectivity index (χ2v) is 5.65. The van der Waals surface area contributed by atoms with E-state index in [9.17, 15) is 0 Å². The lowest BCUT2D eigenvalue weighted by Crippen LogP contribution is -2.43. The van der Waals surface area contributed by atoms with Crippen LogP contribution >= 0.6 is 11.6 Å². The first kappa shape index (κ1) is 13.2. The number of anilines is 1. The third-order valence-electron chi connectivity index (χ3n) is 3.81. The molecule has 2 bridgehead atoms. The van der Waals surface area contributed by atoms with Gasteiger partial charge in [0.2, 0.25) is 0 Å². The van der Waals surface area contributed by atoms with Crippen LogP contribution in [-0.4, -0.2) is 36.8 Å². The SMILES string of the molecule is CCNCc1nc(N2CC3CCC(C2)O3)ccc1Cl. The smallest absolute Gasteiger partial charge is 0.129 e. The number of hydrogen-bond donors (Lipinski definition) is 1. The fraction of sp³-hybridized carbons (Fsp3) is 0.643. The number of rotatable bonds is 4. The number of hydrogen-bond acceptors (Lipinski definition) is 4. The molecule has 0 aliphatic carbocycles. The van der Waals surface area contributed by atoms with Crippen LogP contribution in [0.15, 0.2) is 12.1 Å². The predicted molar refractivity (Wildman–Crippen MR) is 76.7 cm³/mol. The van der Waals surface area contributed by atoms with Gasteiger partial charge in [0.15, 0.2) is 0 Å². The van der Waals surface area contributed by atoms with Crippen LogP contribution in [0.25, 0.3) is 0 Å². The van der Waals surface area contributed by atoms with Crippen molar-refractivity contribution in [3.8, 4) is 0 Å². The highest BCUT2D eigenvalue weighted by atomic mass is 35.5. The van der Waals surface area contributed by atoms with Crippen LogP contribution in [-0.2, 0) is 11.3 Å². The molecule has 0 amide bonds. The number of nitrogens with one attached hydrogen (secondary N) is 1. The van der Waals surface area contributed by atoms with Crippen molar-refractivity contribution >= 4 is 17.4 Å². The first-order chi connectivity index (χ1) is 9.26. The van der Waals surface area contributed by atoms with Crippen molar-refractivity contribution in [1.82, 2.24) is 10.3 Å². The van der Waals surface area contributed by atoms with Gasteiger partial charge in [0.1, 0.15) is 5.82 Å². The highest BCUT2D eigenvalue weighted by Gasteiger charge is 2.34. The maximum Gasteiger partial charge on any atom is 0.129 e. The van der Waals surface area contributed by atoms with Crippen LogP contribution in [0.4, 0.5) is 5.82 Å². The van der Waals surface area contributed by atoms with Gasteiger partial charge in [-0.05, 0) is 31.5 Å². The van der Waals surface area contributed by atoms with Crippen LogP contribution < -0.4 is 10.2 Å². The zero-order chi connectivity index (χ0) is 13.2. The zero-order valence-corrected chi connectivity index (χ0v) is 12.0. The van der Waals surface area contributed by atoms with Gasteiger partial charge in [0.05, 0.1) is 22.9 Å². The molecular formula is C14H20ClN3O. The third-order valence-corrected chi connectivity index (χ3v) is 4.16. The van der Waals surface area contributed by atoms with Gasteiger partial charge in [-0.3, -0.25) is 0 Å². The second-order valence-electron chi connectivity index (χ2n) is 5.24. The van der Waals surface area contributed by atoms with E-state index in [0.717, 1.165) is 42.7 Å². The highest BCUT2D eigenvalue weighted by molar-refractivity contribution is 6.31. The van der Waals surface area contributed by atoms with Crippen LogP contribution in [0, 0.1) is 0 Å². The van der Waals surface area contributed by atoms with E-state index in [1.165, 1.54) is 12.8 Å². The Hall–Kier alpha value is -0.840. The Morgan fingerprint density at radius 3 is 2.79 bits per heavy atom. The Kier molecular flexibility index (Phi) is 3.91. The summed E-state index contributed by atoms with van der Waals surface area (Å²) >= 11 is 6.19. The van der Waals surface area contributed by atoms with Crippen molar-refractivity contribution in [2.45, 2.75) is 38.5 Å². The average molecular weight is 282 g/mol. The number of nitrogens with zero attached hydrogens (tertiary/aromatic N) is 2. The van der Waals surface area contributed by atoms with Crippen LogP contribution in [0.5, 0.6) is 0 Å². The number of ether oxygens (including phenoxy) is 1. The lowest BCUT2D eigenvalue weighted by atomic mass is 10.2. The van der Waals surface area contributed by atoms with E-state index in [1.54, 1.807) is 0 Å². The minimum Gasteiger partial charge on any atom is -0.371 e. The molecule has 2 aliphatic rings. The molecule has 2 saturated heterocycles. The van der Waals surface area contributed by atoms with Gasteiger partial charge in [-0.2, -0.15) is 0 Å². The fourth-order valence-corrected chi connectivity index (χ4v) is 2.99. The lowest BCUT2D eigenvalue weighted by Gasteiger charge is -2.33. The molecule has 2 fully saturated rings. The monoisotopic (exact) mass is 281 g/mol. The summed E-state index contributed by atoms with van der Waals surface area (Å²) in [4.78, 5) is 7.04. The maximum absolute atomic E-state index is 6.19. The molecule has 2 aliphatic heterocycles. The Bertz CT molecular complexity index is 442. The molecule has 0 saturated carbocycles. The number of halogens is 1. The van der Waals surface area contributed by atoms with E-state index in [0.29, 0.717) is 12.2 Å². The Labute approximate surface area is 119 Å². The third kappa shape index (κ3) is 2.86. The largest absolute Gasteiger partial charge is 0.371 e.